The minimum absolute atomic E-state index is 0.118. The van der Waals surface area contributed by atoms with Crippen molar-refractivity contribution in [3.05, 3.63) is 12.4 Å². The molecular weight excluding hydrogens is 206 g/mol. The SMILES string of the molecule is CC(Nc1cnn(CCO)c1)C1CCOC1. The molecule has 1 aromatic heterocycles. The molecule has 0 spiro atoms. The molecule has 1 fully saturated rings. The predicted octanol–water partition coefficient (Wildman–Crippen LogP) is 0.712. The van der Waals surface area contributed by atoms with Gasteiger partial charge in [-0.25, -0.2) is 0 Å². The molecule has 16 heavy (non-hydrogen) atoms. The predicted molar refractivity (Wildman–Crippen MR) is 61.3 cm³/mol. The second-order valence-electron chi connectivity index (χ2n) is 4.27. The van der Waals surface area contributed by atoms with E-state index in [0.717, 1.165) is 25.3 Å². The number of ether oxygens (including phenoxy) is 1. The highest BCUT2D eigenvalue weighted by Gasteiger charge is 2.22. The van der Waals surface area contributed by atoms with Gasteiger partial charge in [0.05, 0.1) is 31.6 Å². The highest BCUT2D eigenvalue weighted by atomic mass is 16.5. The smallest absolute Gasteiger partial charge is 0.0728 e. The van der Waals surface area contributed by atoms with Gasteiger partial charge >= 0.3 is 0 Å². The topological polar surface area (TPSA) is 59.3 Å². The average molecular weight is 225 g/mol. The lowest BCUT2D eigenvalue weighted by molar-refractivity contribution is 0.183. The molecule has 90 valence electrons. The zero-order chi connectivity index (χ0) is 11.4. The Hall–Kier alpha value is -1.07. The molecule has 1 saturated heterocycles. The van der Waals surface area contributed by atoms with E-state index in [9.17, 15) is 0 Å². The Morgan fingerprint density at radius 2 is 2.62 bits per heavy atom. The highest BCUT2D eigenvalue weighted by molar-refractivity contribution is 5.39. The van der Waals surface area contributed by atoms with E-state index in [4.69, 9.17) is 9.84 Å². The van der Waals surface area contributed by atoms with E-state index in [2.05, 4.69) is 17.3 Å². The first-order valence-corrected chi connectivity index (χ1v) is 5.77. The van der Waals surface area contributed by atoms with E-state index < -0.39 is 0 Å². The maximum Gasteiger partial charge on any atom is 0.0728 e. The Morgan fingerprint density at radius 1 is 1.75 bits per heavy atom. The lowest BCUT2D eigenvalue weighted by atomic mass is 10.0. The zero-order valence-electron chi connectivity index (χ0n) is 9.59. The first-order valence-electron chi connectivity index (χ1n) is 5.77. The third-order valence-corrected chi connectivity index (χ3v) is 3.03. The molecule has 1 aromatic rings. The number of rotatable bonds is 5. The summed E-state index contributed by atoms with van der Waals surface area (Å²) in [7, 11) is 0. The molecule has 0 saturated carbocycles. The maximum atomic E-state index is 8.79. The van der Waals surface area contributed by atoms with Gasteiger partial charge in [0.2, 0.25) is 0 Å². The molecule has 1 aliphatic rings. The number of nitrogens with zero attached hydrogens (tertiary/aromatic N) is 2. The molecule has 2 atom stereocenters. The fraction of sp³-hybridized carbons (Fsp3) is 0.727. The van der Waals surface area contributed by atoms with Crippen LogP contribution in [0.25, 0.3) is 0 Å². The maximum absolute atomic E-state index is 8.79. The van der Waals surface area contributed by atoms with Gasteiger partial charge in [-0.1, -0.05) is 0 Å². The summed E-state index contributed by atoms with van der Waals surface area (Å²) >= 11 is 0. The number of hydrogen-bond donors (Lipinski definition) is 2. The number of aliphatic hydroxyl groups is 1. The average Bonchev–Trinajstić information content (AvgIpc) is 2.89. The van der Waals surface area contributed by atoms with Gasteiger partial charge in [-0.05, 0) is 13.3 Å². The molecule has 0 aliphatic carbocycles. The summed E-state index contributed by atoms with van der Waals surface area (Å²) in [5, 5.41) is 16.4. The molecule has 2 unspecified atom stereocenters. The largest absolute Gasteiger partial charge is 0.394 e. The number of aromatic nitrogens is 2. The van der Waals surface area contributed by atoms with Crippen molar-refractivity contribution in [2.24, 2.45) is 5.92 Å². The molecule has 1 aliphatic heterocycles. The van der Waals surface area contributed by atoms with E-state index in [0.29, 0.717) is 18.5 Å². The summed E-state index contributed by atoms with van der Waals surface area (Å²) in [6.45, 7) is 4.55. The van der Waals surface area contributed by atoms with Crippen molar-refractivity contribution in [3.8, 4) is 0 Å². The summed E-state index contributed by atoms with van der Waals surface area (Å²) < 4.78 is 7.10. The Balaban J connectivity index is 1.87. The van der Waals surface area contributed by atoms with E-state index in [1.165, 1.54) is 0 Å². The van der Waals surface area contributed by atoms with Gasteiger partial charge in [0.1, 0.15) is 0 Å². The minimum Gasteiger partial charge on any atom is -0.394 e. The van der Waals surface area contributed by atoms with Gasteiger partial charge in [0.25, 0.3) is 0 Å². The van der Waals surface area contributed by atoms with Crippen LogP contribution in [0.15, 0.2) is 12.4 Å². The number of nitrogens with one attached hydrogen (secondary N) is 1. The molecule has 0 radical (unpaired) electrons. The van der Waals surface area contributed by atoms with Crippen LogP contribution in [0.1, 0.15) is 13.3 Å². The number of aliphatic hydroxyl groups excluding tert-OH is 1. The summed E-state index contributed by atoms with van der Waals surface area (Å²) in [6, 6.07) is 0.397. The fourth-order valence-corrected chi connectivity index (χ4v) is 1.99. The Kier molecular flexibility index (Phi) is 3.79. The van der Waals surface area contributed by atoms with Crippen LogP contribution in [0.5, 0.6) is 0 Å². The van der Waals surface area contributed by atoms with Crippen molar-refractivity contribution >= 4 is 5.69 Å². The first-order chi connectivity index (χ1) is 7.79. The van der Waals surface area contributed by atoms with Crippen molar-refractivity contribution in [3.63, 3.8) is 0 Å². The molecule has 5 heteroatoms. The van der Waals surface area contributed by atoms with Gasteiger partial charge in [-0.15, -0.1) is 0 Å². The van der Waals surface area contributed by atoms with Crippen molar-refractivity contribution < 1.29 is 9.84 Å². The summed E-state index contributed by atoms with van der Waals surface area (Å²) in [5.41, 5.74) is 1.01. The van der Waals surface area contributed by atoms with Crippen LogP contribution in [0.3, 0.4) is 0 Å². The number of hydrogen-bond acceptors (Lipinski definition) is 4. The van der Waals surface area contributed by atoms with Gasteiger partial charge in [-0.3, -0.25) is 4.68 Å². The standard InChI is InChI=1S/C11H19N3O2/c1-9(10-2-5-16-8-10)13-11-6-12-14(7-11)3-4-15/h6-7,9-10,13,15H,2-5,8H2,1H3. The first kappa shape index (κ1) is 11.4. The van der Waals surface area contributed by atoms with Crippen molar-refractivity contribution in [1.82, 2.24) is 9.78 Å². The van der Waals surface area contributed by atoms with Gasteiger partial charge in [-0.2, -0.15) is 5.10 Å². The molecule has 0 bridgehead atoms. The van der Waals surface area contributed by atoms with Crippen molar-refractivity contribution in [2.45, 2.75) is 25.9 Å². The normalized spacial score (nSPS) is 22.2. The molecule has 2 N–H and O–H groups in total. The van der Waals surface area contributed by atoms with Crippen LogP contribution in [-0.2, 0) is 11.3 Å². The van der Waals surface area contributed by atoms with Crippen LogP contribution in [0, 0.1) is 5.92 Å². The van der Waals surface area contributed by atoms with Crippen LogP contribution < -0.4 is 5.32 Å². The molecule has 0 aromatic carbocycles. The van der Waals surface area contributed by atoms with Gasteiger partial charge in [0, 0.05) is 24.8 Å². The molecule has 2 rings (SSSR count). The Labute approximate surface area is 95.4 Å². The van der Waals surface area contributed by atoms with Gasteiger partial charge < -0.3 is 15.2 Å². The van der Waals surface area contributed by atoms with Crippen molar-refractivity contribution in [1.29, 1.82) is 0 Å². The van der Waals surface area contributed by atoms with Crippen LogP contribution in [0.4, 0.5) is 5.69 Å². The lowest BCUT2D eigenvalue weighted by Crippen LogP contribution is -2.25. The third kappa shape index (κ3) is 2.74. The second-order valence-corrected chi connectivity index (χ2v) is 4.27. The van der Waals surface area contributed by atoms with Crippen molar-refractivity contribution in [2.75, 3.05) is 25.1 Å². The molecule has 2 heterocycles. The van der Waals surface area contributed by atoms with Gasteiger partial charge in [0.15, 0.2) is 0 Å². The molecule has 0 amide bonds. The second kappa shape index (κ2) is 5.32. The Bertz CT molecular complexity index is 321. The fourth-order valence-electron chi connectivity index (χ4n) is 1.99. The summed E-state index contributed by atoms with van der Waals surface area (Å²) in [5.74, 6) is 0.584. The van der Waals surface area contributed by atoms with E-state index in [1.54, 1.807) is 10.9 Å². The molecular formula is C11H19N3O2. The zero-order valence-corrected chi connectivity index (χ0v) is 9.59. The third-order valence-electron chi connectivity index (χ3n) is 3.03. The molecule has 5 nitrogen and oxygen atoms in total. The minimum atomic E-state index is 0.118. The highest BCUT2D eigenvalue weighted by Crippen LogP contribution is 2.19. The van der Waals surface area contributed by atoms with Crippen LogP contribution in [-0.4, -0.2) is 40.7 Å². The number of anilines is 1. The van der Waals surface area contributed by atoms with Crippen LogP contribution in [0.2, 0.25) is 0 Å². The summed E-state index contributed by atoms with van der Waals surface area (Å²) in [6.07, 6.45) is 4.84. The monoisotopic (exact) mass is 225 g/mol. The Morgan fingerprint density at radius 3 is 3.31 bits per heavy atom. The van der Waals surface area contributed by atoms with E-state index in [-0.39, 0.29) is 6.61 Å². The van der Waals surface area contributed by atoms with E-state index >= 15 is 0 Å². The van der Waals surface area contributed by atoms with Crippen LogP contribution >= 0.6 is 0 Å². The summed E-state index contributed by atoms with van der Waals surface area (Å²) in [4.78, 5) is 0. The quantitative estimate of drug-likeness (QED) is 0.775. The van der Waals surface area contributed by atoms with E-state index in [1.807, 2.05) is 6.20 Å². The lowest BCUT2D eigenvalue weighted by Gasteiger charge is -2.19.